The van der Waals surface area contributed by atoms with E-state index in [-0.39, 0.29) is 4.90 Å². The van der Waals surface area contributed by atoms with Crippen LogP contribution >= 0.6 is 0 Å². The minimum absolute atomic E-state index is 0.0877. The maximum absolute atomic E-state index is 14.2. The van der Waals surface area contributed by atoms with Crippen LogP contribution in [-0.2, 0) is 20.2 Å². The SMILES string of the molecule is COc1ccc(C2N(S(=O)(=O)c3ccc(C)cc3)C(=O)C2(c2ccccc2)c2ccccc2)cc1. The number of hydrogen-bond donors (Lipinski definition) is 0. The molecular formula is C29H25NO4S. The summed E-state index contributed by atoms with van der Waals surface area (Å²) in [7, 11) is -2.54. The topological polar surface area (TPSA) is 63.7 Å². The monoisotopic (exact) mass is 483 g/mol. The van der Waals surface area contributed by atoms with Crippen LogP contribution in [0.4, 0.5) is 0 Å². The van der Waals surface area contributed by atoms with E-state index in [1.807, 2.05) is 79.7 Å². The first-order chi connectivity index (χ1) is 16.9. The summed E-state index contributed by atoms with van der Waals surface area (Å²) in [5.74, 6) is 0.175. The van der Waals surface area contributed by atoms with Crippen LogP contribution in [0.2, 0.25) is 0 Å². The first-order valence-electron chi connectivity index (χ1n) is 11.3. The van der Waals surface area contributed by atoms with E-state index in [1.165, 1.54) is 0 Å². The minimum Gasteiger partial charge on any atom is -0.497 e. The van der Waals surface area contributed by atoms with Gasteiger partial charge in [0.05, 0.1) is 18.0 Å². The lowest BCUT2D eigenvalue weighted by molar-refractivity contribution is -0.147. The summed E-state index contributed by atoms with van der Waals surface area (Å²) in [4.78, 5) is 14.3. The van der Waals surface area contributed by atoms with E-state index in [0.717, 1.165) is 21.0 Å². The van der Waals surface area contributed by atoms with Gasteiger partial charge in [0.2, 0.25) is 0 Å². The van der Waals surface area contributed by atoms with Crippen LogP contribution in [-0.4, -0.2) is 25.7 Å². The van der Waals surface area contributed by atoms with Crippen molar-refractivity contribution in [1.82, 2.24) is 4.31 Å². The number of rotatable bonds is 6. The third-order valence-electron chi connectivity index (χ3n) is 6.65. The molecule has 1 aliphatic heterocycles. The van der Waals surface area contributed by atoms with Gasteiger partial charge in [-0.15, -0.1) is 0 Å². The van der Waals surface area contributed by atoms with Crippen LogP contribution in [0, 0.1) is 6.92 Å². The number of amides is 1. The van der Waals surface area contributed by atoms with E-state index < -0.39 is 27.4 Å². The van der Waals surface area contributed by atoms with Gasteiger partial charge in [0, 0.05) is 0 Å². The summed E-state index contributed by atoms with van der Waals surface area (Å²) < 4.78 is 34.1. The molecule has 0 N–H and O–H groups in total. The van der Waals surface area contributed by atoms with E-state index in [1.54, 1.807) is 43.5 Å². The van der Waals surface area contributed by atoms with E-state index in [2.05, 4.69) is 0 Å². The molecule has 0 saturated carbocycles. The van der Waals surface area contributed by atoms with Gasteiger partial charge in [0.1, 0.15) is 11.2 Å². The molecule has 1 saturated heterocycles. The maximum atomic E-state index is 14.2. The standard InChI is InChI=1S/C29H25NO4S/c1-21-13-19-26(20-14-21)35(32,33)30-27(22-15-17-25(34-2)18-16-22)29(28(30)31,23-9-5-3-6-10-23)24-11-7-4-8-12-24/h3-20,27H,1-2H3. The summed E-state index contributed by atoms with van der Waals surface area (Å²) in [6, 6.07) is 31.8. The number of aryl methyl sites for hydroxylation is 1. The Labute approximate surface area is 205 Å². The second-order valence-corrected chi connectivity index (χ2v) is 10.4. The fourth-order valence-electron chi connectivity index (χ4n) is 4.89. The molecule has 176 valence electrons. The number of carbonyl (C=O) groups excluding carboxylic acids is 1. The number of ether oxygens (including phenoxy) is 1. The van der Waals surface area contributed by atoms with E-state index in [0.29, 0.717) is 11.3 Å². The summed E-state index contributed by atoms with van der Waals surface area (Å²) in [6.07, 6.45) is 0. The van der Waals surface area contributed by atoms with Crippen LogP contribution in [0.3, 0.4) is 0 Å². The molecule has 0 aliphatic carbocycles. The Bertz CT molecular complexity index is 1410. The number of benzene rings is 4. The molecule has 35 heavy (non-hydrogen) atoms. The number of nitrogens with zero attached hydrogens (tertiary/aromatic N) is 1. The van der Waals surface area contributed by atoms with Crippen molar-refractivity contribution in [3.05, 3.63) is 131 Å². The van der Waals surface area contributed by atoms with E-state index >= 15 is 0 Å². The Hall–Kier alpha value is -3.90. The predicted molar refractivity (Wildman–Crippen MR) is 135 cm³/mol. The van der Waals surface area contributed by atoms with Gasteiger partial charge >= 0.3 is 0 Å². The van der Waals surface area contributed by atoms with Gasteiger partial charge in [0.25, 0.3) is 15.9 Å². The lowest BCUT2D eigenvalue weighted by atomic mass is 9.61. The molecule has 1 aliphatic rings. The van der Waals surface area contributed by atoms with Crippen molar-refractivity contribution in [2.24, 2.45) is 0 Å². The number of sulfonamides is 1. The molecule has 0 radical (unpaired) electrons. The van der Waals surface area contributed by atoms with Gasteiger partial charge in [0.15, 0.2) is 0 Å². The van der Waals surface area contributed by atoms with Crippen molar-refractivity contribution < 1.29 is 17.9 Å². The van der Waals surface area contributed by atoms with Gasteiger partial charge in [-0.2, -0.15) is 0 Å². The van der Waals surface area contributed by atoms with Gasteiger partial charge in [-0.3, -0.25) is 4.79 Å². The molecular weight excluding hydrogens is 458 g/mol. The molecule has 0 spiro atoms. The molecule has 4 aromatic carbocycles. The van der Waals surface area contributed by atoms with Crippen LogP contribution < -0.4 is 4.74 Å². The number of carbonyl (C=O) groups is 1. The first kappa shape index (κ1) is 22.9. The summed E-state index contributed by atoms with van der Waals surface area (Å²) in [6.45, 7) is 1.89. The maximum Gasteiger partial charge on any atom is 0.267 e. The molecule has 1 amide bonds. The lowest BCUT2D eigenvalue weighted by Gasteiger charge is -2.55. The Kier molecular flexibility index (Phi) is 5.69. The molecule has 5 nitrogen and oxygen atoms in total. The molecule has 5 rings (SSSR count). The van der Waals surface area contributed by atoms with Crippen LogP contribution in [0.1, 0.15) is 28.3 Å². The fraction of sp³-hybridized carbons (Fsp3) is 0.138. The Balaban J connectivity index is 1.77. The van der Waals surface area contributed by atoms with Crippen LogP contribution in [0.25, 0.3) is 0 Å². The average Bonchev–Trinajstić information content (AvgIpc) is 2.89. The highest BCUT2D eigenvalue weighted by Crippen LogP contribution is 2.57. The zero-order valence-electron chi connectivity index (χ0n) is 19.5. The van der Waals surface area contributed by atoms with Crippen molar-refractivity contribution in [3.8, 4) is 5.75 Å². The van der Waals surface area contributed by atoms with E-state index in [4.69, 9.17) is 4.74 Å². The Morgan fingerprint density at radius 3 is 1.74 bits per heavy atom. The zero-order chi connectivity index (χ0) is 24.6. The van der Waals surface area contributed by atoms with Gasteiger partial charge in [-0.1, -0.05) is 90.5 Å². The molecule has 1 unspecified atom stereocenters. The smallest absolute Gasteiger partial charge is 0.267 e. The second kappa shape index (κ2) is 8.71. The normalized spacial score (nSPS) is 17.0. The van der Waals surface area contributed by atoms with Gasteiger partial charge in [-0.05, 0) is 47.9 Å². The Morgan fingerprint density at radius 1 is 0.743 bits per heavy atom. The second-order valence-electron chi connectivity index (χ2n) is 8.63. The lowest BCUT2D eigenvalue weighted by Crippen LogP contribution is -2.68. The van der Waals surface area contributed by atoms with Crippen molar-refractivity contribution >= 4 is 15.9 Å². The number of β-lactam (4-membered cyclic amide) rings is 1. The van der Waals surface area contributed by atoms with Crippen molar-refractivity contribution in [2.45, 2.75) is 23.3 Å². The summed E-state index contributed by atoms with van der Waals surface area (Å²) >= 11 is 0. The third-order valence-corrected chi connectivity index (χ3v) is 8.41. The zero-order valence-corrected chi connectivity index (χ0v) is 20.3. The van der Waals surface area contributed by atoms with Gasteiger partial charge < -0.3 is 4.74 Å². The average molecular weight is 484 g/mol. The highest BCUT2D eigenvalue weighted by Gasteiger charge is 2.67. The van der Waals surface area contributed by atoms with Gasteiger partial charge in [-0.25, -0.2) is 12.7 Å². The molecule has 1 heterocycles. The molecule has 0 aromatic heterocycles. The largest absolute Gasteiger partial charge is 0.497 e. The fourth-order valence-corrected chi connectivity index (χ4v) is 6.52. The van der Waals surface area contributed by atoms with E-state index in [9.17, 15) is 13.2 Å². The van der Waals surface area contributed by atoms with Crippen LogP contribution in [0.15, 0.2) is 114 Å². The van der Waals surface area contributed by atoms with Crippen LogP contribution in [0.5, 0.6) is 5.75 Å². The quantitative estimate of drug-likeness (QED) is 0.351. The predicted octanol–water partition coefficient (Wildman–Crippen LogP) is 5.26. The van der Waals surface area contributed by atoms with Crippen molar-refractivity contribution in [2.75, 3.05) is 7.11 Å². The summed E-state index contributed by atoms with van der Waals surface area (Å²) in [5, 5.41) is 0. The summed E-state index contributed by atoms with van der Waals surface area (Å²) in [5.41, 5.74) is 1.93. The molecule has 4 aromatic rings. The van der Waals surface area contributed by atoms with Crippen molar-refractivity contribution in [1.29, 1.82) is 0 Å². The highest BCUT2D eigenvalue weighted by molar-refractivity contribution is 7.89. The molecule has 6 heteroatoms. The number of methoxy groups -OCH3 is 1. The molecule has 0 bridgehead atoms. The molecule has 1 fully saturated rings. The Morgan fingerprint density at radius 2 is 1.26 bits per heavy atom. The van der Waals surface area contributed by atoms with Crippen molar-refractivity contribution in [3.63, 3.8) is 0 Å². The third kappa shape index (κ3) is 3.53. The minimum atomic E-state index is -4.12. The first-order valence-corrected chi connectivity index (χ1v) is 12.7. The highest BCUT2D eigenvalue weighted by atomic mass is 32.2. The molecule has 1 atom stereocenters. The number of hydrogen-bond acceptors (Lipinski definition) is 4.